The largest absolute Gasteiger partial charge is 0.308 e. The molecule has 0 bridgehead atoms. The van der Waals surface area contributed by atoms with Crippen LogP contribution in [0, 0.1) is 26.6 Å². The Labute approximate surface area is 113 Å². The van der Waals surface area contributed by atoms with Gasteiger partial charge in [-0.15, -0.1) is 0 Å². The van der Waals surface area contributed by atoms with Crippen LogP contribution in [0.25, 0.3) is 0 Å². The molecule has 3 heteroatoms. The molecule has 1 aromatic carbocycles. The Morgan fingerprint density at radius 3 is 2.47 bits per heavy atom. The highest BCUT2D eigenvalue weighted by Gasteiger charge is 2.19. The van der Waals surface area contributed by atoms with E-state index in [9.17, 15) is 4.39 Å². The smallest absolute Gasteiger partial charge is 0.128 e. The molecule has 1 unspecified atom stereocenters. The first-order valence-corrected chi connectivity index (χ1v) is 6.39. The van der Waals surface area contributed by atoms with E-state index in [4.69, 9.17) is 0 Å². The molecule has 0 aliphatic rings. The van der Waals surface area contributed by atoms with Crippen LogP contribution in [0.3, 0.4) is 0 Å². The number of pyridine rings is 1. The maximum atomic E-state index is 14.0. The Hall–Kier alpha value is -1.74. The van der Waals surface area contributed by atoms with Gasteiger partial charge >= 0.3 is 0 Å². The first kappa shape index (κ1) is 13.7. The summed E-state index contributed by atoms with van der Waals surface area (Å²) in [5, 5.41) is 3.16. The number of aryl methyl sites for hydroxylation is 3. The minimum atomic E-state index is -0.222. The van der Waals surface area contributed by atoms with Crippen molar-refractivity contribution in [2.45, 2.75) is 26.8 Å². The Balaban J connectivity index is 2.52. The van der Waals surface area contributed by atoms with Crippen LogP contribution in [0.5, 0.6) is 0 Å². The van der Waals surface area contributed by atoms with Crippen LogP contribution in [0.1, 0.15) is 34.0 Å². The molecule has 0 fully saturated rings. The zero-order valence-corrected chi connectivity index (χ0v) is 11.8. The van der Waals surface area contributed by atoms with Crippen molar-refractivity contribution in [2.75, 3.05) is 7.05 Å². The van der Waals surface area contributed by atoms with Crippen LogP contribution < -0.4 is 5.32 Å². The van der Waals surface area contributed by atoms with Crippen molar-refractivity contribution in [3.05, 3.63) is 64.2 Å². The number of benzene rings is 1. The second kappa shape index (κ2) is 5.49. The molecule has 0 saturated carbocycles. The summed E-state index contributed by atoms with van der Waals surface area (Å²) in [5.41, 5.74) is 4.74. The quantitative estimate of drug-likeness (QED) is 0.912. The Bertz CT molecular complexity index is 593. The van der Waals surface area contributed by atoms with Crippen LogP contribution in [0.2, 0.25) is 0 Å². The maximum Gasteiger partial charge on any atom is 0.128 e. The SMILES string of the molecule is CNC(c1cc(C)ccc1F)c1ncc(C)cc1C. The molecule has 100 valence electrons. The summed E-state index contributed by atoms with van der Waals surface area (Å²) in [7, 11) is 1.83. The summed E-state index contributed by atoms with van der Waals surface area (Å²) < 4.78 is 14.0. The number of halogens is 1. The second-order valence-corrected chi connectivity index (χ2v) is 4.96. The summed E-state index contributed by atoms with van der Waals surface area (Å²) in [5.74, 6) is -0.202. The van der Waals surface area contributed by atoms with Gasteiger partial charge in [0.2, 0.25) is 0 Å². The molecular formula is C16H19FN2. The number of nitrogens with one attached hydrogen (secondary N) is 1. The highest BCUT2D eigenvalue weighted by molar-refractivity contribution is 5.36. The maximum absolute atomic E-state index is 14.0. The van der Waals surface area contributed by atoms with Crippen molar-refractivity contribution in [1.82, 2.24) is 10.3 Å². The molecule has 2 rings (SSSR count). The highest BCUT2D eigenvalue weighted by atomic mass is 19.1. The Morgan fingerprint density at radius 2 is 1.84 bits per heavy atom. The van der Waals surface area contributed by atoms with Crippen molar-refractivity contribution in [3.63, 3.8) is 0 Å². The summed E-state index contributed by atoms with van der Waals surface area (Å²) in [6.45, 7) is 5.98. The van der Waals surface area contributed by atoms with Crippen molar-refractivity contribution >= 4 is 0 Å². The molecule has 2 aromatic rings. The third kappa shape index (κ3) is 2.82. The summed E-state index contributed by atoms with van der Waals surface area (Å²) in [4.78, 5) is 4.47. The van der Waals surface area contributed by atoms with Crippen LogP contribution in [0.15, 0.2) is 30.5 Å². The van der Waals surface area contributed by atoms with E-state index in [2.05, 4.69) is 16.4 Å². The summed E-state index contributed by atoms with van der Waals surface area (Å²) in [6.07, 6.45) is 1.82. The molecule has 0 aliphatic heterocycles. The lowest BCUT2D eigenvalue weighted by atomic mass is 9.97. The van der Waals surface area contributed by atoms with E-state index < -0.39 is 0 Å². The van der Waals surface area contributed by atoms with Gasteiger partial charge in [-0.25, -0.2) is 4.39 Å². The van der Waals surface area contributed by atoms with Gasteiger partial charge in [0.1, 0.15) is 5.82 Å². The van der Waals surface area contributed by atoms with Gasteiger partial charge in [0.05, 0.1) is 11.7 Å². The van der Waals surface area contributed by atoms with Crippen molar-refractivity contribution in [1.29, 1.82) is 0 Å². The van der Waals surface area contributed by atoms with Crippen molar-refractivity contribution in [3.8, 4) is 0 Å². The Morgan fingerprint density at radius 1 is 1.11 bits per heavy atom. The molecule has 0 aliphatic carbocycles. The predicted octanol–water partition coefficient (Wildman–Crippen LogP) is 3.45. The van der Waals surface area contributed by atoms with Crippen LogP contribution in [-0.4, -0.2) is 12.0 Å². The number of nitrogens with zero attached hydrogens (tertiary/aromatic N) is 1. The van der Waals surface area contributed by atoms with E-state index in [0.29, 0.717) is 5.56 Å². The van der Waals surface area contributed by atoms with E-state index in [1.165, 1.54) is 6.07 Å². The molecule has 0 radical (unpaired) electrons. The standard InChI is InChI=1S/C16H19FN2/c1-10-5-6-14(17)13(8-10)16(18-4)15-12(3)7-11(2)9-19-15/h5-9,16,18H,1-4H3. The predicted molar refractivity (Wildman–Crippen MR) is 75.8 cm³/mol. The zero-order chi connectivity index (χ0) is 14.0. The topological polar surface area (TPSA) is 24.9 Å². The second-order valence-electron chi connectivity index (χ2n) is 4.96. The van der Waals surface area contributed by atoms with Gasteiger partial charge in [-0.2, -0.15) is 0 Å². The van der Waals surface area contributed by atoms with Gasteiger partial charge in [-0.05, 0) is 45.0 Å². The first-order valence-electron chi connectivity index (χ1n) is 6.39. The third-order valence-corrected chi connectivity index (χ3v) is 3.28. The Kier molecular flexibility index (Phi) is 3.96. The van der Waals surface area contributed by atoms with Crippen LogP contribution in [0.4, 0.5) is 4.39 Å². The number of hydrogen-bond acceptors (Lipinski definition) is 2. The van der Waals surface area contributed by atoms with Gasteiger partial charge in [-0.1, -0.05) is 23.8 Å². The summed E-state index contributed by atoms with van der Waals surface area (Å²) in [6, 6.07) is 7.01. The normalized spacial score (nSPS) is 12.5. The van der Waals surface area contributed by atoms with E-state index >= 15 is 0 Å². The first-order chi connectivity index (χ1) is 9.02. The number of rotatable bonds is 3. The van der Waals surface area contributed by atoms with Crippen LogP contribution >= 0.6 is 0 Å². The number of aromatic nitrogens is 1. The van der Waals surface area contributed by atoms with Gasteiger partial charge in [0, 0.05) is 11.8 Å². The third-order valence-electron chi connectivity index (χ3n) is 3.28. The molecule has 0 amide bonds. The van der Waals surface area contributed by atoms with Gasteiger partial charge in [0.25, 0.3) is 0 Å². The lowest BCUT2D eigenvalue weighted by Crippen LogP contribution is -2.21. The summed E-state index contributed by atoms with van der Waals surface area (Å²) >= 11 is 0. The fourth-order valence-corrected chi connectivity index (χ4v) is 2.35. The molecule has 1 atom stereocenters. The van der Waals surface area contributed by atoms with E-state index in [1.54, 1.807) is 6.07 Å². The minimum Gasteiger partial charge on any atom is -0.308 e. The molecule has 2 nitrogen and oxygen atoms in total. The molecule has 0 spiro atoms. The van der Waals surface area contributed by atoms with Crippen molar-refractivity contribution in [2.24, 2.45) is 0 Å². The lowest BCUT2D eigenvalue weighted by Gasteiger charge is -2.19. The van der Waals surface area contributed by atoms with Gasteiger partial charge in [0.15, 0.2) is 0 Å². The molecule has 1 N–H and O–H groups in total. The monoisotopic (exact) mass is 258 g/mol. The minimum absolute atomic E-state index is 0.202. The average molecular weight is 258 g/mol. The molecule has 19 heavy (non-hydrogen) atoms. The van der Waals surface area contributed by atoms with Gasteiger partial charge < -0.3 is 5.32 Å². The van der Waals surface area contributed by atoms with E-state index in [0.717, 1.165) is 22.4 Å². The van der Waals surface area contributed by atoms with E-state index in [1.807, 2.05) is 40.1 Å². The average Bonchev–Trinajstić information content (AvgIpc) is 2.36. The van der Waals surface area contributed by atoms with Crippen molar-refractivity contribution < 1.29 is 4.39 Å². The van der Waals surface area contributed by atoms with E-state index in [-0.39, 0.29) is 11.9 Å². The molecule has 1 heterocycles. The molecule has 0 saturated heterocycles. The zero-order valence-electron chi connectivity index (χ0n) is 11.8. The molecule has 1 aromatic heterocycles. The fraction of sp³-hybridized carbons (Fsp3) is 0.312. The number of hydrogen-bond donors (Lipinski definition) is 1. The highest BCUT2D eigenvalue weighted by Crippen LogP contribution is 2.26. The lowest BCUT2D eigenvalue weighted by molar-refractivity contribution is 0.568. The fourth-order valence-electron chi connectivity index (χ4n) is 2.35. The van der Waals surface area contributed by atoms with Gasteiger partial charge in [-0.3, -0.25) is 4.98 Å². The molecular weight excluding hydrogens is 239 g/mol. The van der Waals surface area contributed by atoms with Crippen LogP contribution in [-0.2, 0) is 0 Å².